The van der Waals surface area contributed by atoms with Gasteiger partial charge in [0.2, 0.25) is 0 Å². The lowest BCUT2D eigenvalue weighted by molar-refractivity contribution is -0.161. The average Bonchev–Trinajstić information content (AvgIpc) is 3.35. The number of ether oxygens (including phenoxy) is 2. The second kappa shape index (κ2) is 60.7. The van der Waals surface area contributed by atoms with Gasteiger partial charge < -0.3 is 14.6 Å². The second-order valence-electron chi connectivity index (χ2n) is 21.5. The Kier molecular flexibility index (Phi) is 59.3. The minimum absolute atomic E-state index is 0.0576. The molecule has 1 unspecified atom stereocenters. The highest BCUT2D eigenvalue weighted by molar-refractivity contribution is 5.70. The molecule has 1 atom stereocenters. The summed E-state index contributed by atoms with van der Waals surface area (Å²) in [5, 5.41) is 9.67. The first-order valence-corrected chi connectivity index (χ1v) is 31.4. The van der Waals surface area contributed by atoms with Gasteiger partial charge in [0, 0.05) is 12.8 Å². The highest BCUT2D eigenvalue weighted by atomic mass is 16.6. The molecule has 5 heteroatoms. The van der Waals surface area contributed by atoms with Crippen molar-refractivity contribution in [1.29, 1.82) is 0 Å². The zero-order chi connectivity index (χ0) is 49.9. The predicted octanol–water partition coefficient (Wildman–Crippen LogP) is 21.3. The number of carbonyl (C=O) groups is 2. The SMILES string of the molecule is CCCCCCC/C=C\C/C=C\CCCCCCCCCCCCCCCCCCCCCCCCCC(=O)OC(CO)COC(=O)CCCCCCCCCCCCCCCCCCCCCC. The van der Waals surface area contributed by atoms with Crippen molar-refractivity contribution < 1.29 is 24.2 Å². The summed E-state index contributed by atoms with van der Waals surface area (Å²) in [6.45, 7) is 4.19. The third kappa shape index (κ3) is 58.8. The molecule has 0 aromatic rings. The van der Waals surface area contributed by atoms with Crippen molar-refractivity contribution in [3.05, 3.63) is 24.3 Å². The van der Waals surface area contributed by atoms with Crippen LogP contribution in [0.25, 0.3) is 0 Å². The third-order valence-corrected chi connectivity index (χ3v) is 14.5. The van der Waals surface area contributed by atoms with E-state index in [1.165, 1.54) is 289 Å². The van der Waals surface area contributed by atoms with Crippen LogP contribution in [0.15, 0.2) is 24.3 Å². The number of unbranched alkanes of at least 4 members (excludes halogenated alkanes) is 47. The van der Waals surface area contributed by atoms with E-state index in [2.05, 4.69) is 38.2 Å². The lowest BCUT2D eigenvalue weighted by Gasteiger charge is -2.15. The van der Waals surface area contributed by atoms with Gasteiger partial charge in [-0.15, -0.1) is 0 Å². The average molecular weight is 972 g/mol. The van der Waals surface area contributed by atoms with Gasteiger partial charge in [0.1, 0.15) is 6.61 Å². The maximum Gasteiger partial charge on any atom is 0.306 e. The normalized spacial score (nSPS) is 12.2. The van der Waals surface area contributed by atoms with E-state index in [0.717, 1.165) is 38.5 Å². The van der Waals surface area contributed by atoms with Gasteiger partial charge in [-0.3, -0.25) is 9.59 Å². The molecular weight excluding hydrogens is 849 g/mol. The van der Waals surface area contributed by atoms with Crippen LogP contribution >= 0.6 is 0 Å². The maximum absolute atomic E-state index is 12.3. The van der Waals surface area contributed by atoms with Crippen LogP contribution in [0.1, 0.15) is 354 Å². The minimum Gasteiger partial charge on any atom is -0.462 e. The molecule has 1 N–H and O–H groups in total. The van der Waals surface area contributed by atoms with Crippen LogP contribution in [0.3, 0.4) is 0 Å². The fourth-order valence-corrected chi connectivity index (χ4v) is 9.77. The zero-order valence-corrected chi connectivity index (χ0v) is 46.9. The summed E-state index contributed by atoms with van der Waals surface area (Å²) in [5.74, 6) is -0.565. The Morgan fingerprint density at radius 3 is 0.855 bits per heavy atom. The number of hydrogen-bond donors (Lipinski definition) is 1. The van der Waals surface area contributed by atoms with Gasteiger partial charge in [0.15, 0.2) is 6.10 Å². The summed E-state index contributed by atoms with van der Waals surface area (Å²) in [4.78, 5) is 24.6. The lowest BCUT2D eigenvalue weighted by Crippen LogP contribution is -2.28. The monoisotopic (exact) mass is 971 g/mol. The molecule has 0 fully saturated rings. The maximum atomic E-state index is 12.3. The van der Waals surface area contributed by atoms with E-state index in [-0.39, 0.29) is 25.2 Å². The van der Waals surface area contributed by atoms with Gasteiger partial charge in [-0.05, 0) is 44.9 Å². The highest BCUT2D eigenvalue weighted by Crippen LogP contribution is 2.18. The molecule has 0 spiro atoms. The molecule has 0 aliphatic carbocycles. The first-order valence-electron chi connectivity index (χ1n) is 31.4. The molecule has 0 heterocycles. The Balaban J connectivity index is 3.38. The standard InChI is InChI=1S/C64H122O5/c1-3-5-7-9-11-13-15-17-19-21-23-25-26-27-28-29-30-31-32-33-34-35-36-37-38-39-41-43-45-47-49-51-53-55-57-59-64(67)69-62(60-65)61-68-63(66)58-56-54-52-50-48-46-44-42-40-24-22-20-18-16-14-12-10-8-6-4-2/h15,17,21,23,62,65H,3-14,16,18-20,22,24-61H2,1-2H3/b17-15-,23-21-. The number of hydrogen-bond acceptors (Lipinski definition) is 5. The first-order chi connectivity index (χ1) is 34.1. The fourth-order valence-electron chi connectivity index (χ4n) is 9.77. The predicted molar refractivity (Wildman–Crippen MR) is 302 cm³/mol. The number of allylic oxidation sites excluding steroid dienone is 4. The van der Waals surface area contributed by atoms with Crippen LogP contribution in [0.4, 0.5) is 0 Å². The van der Waals surface area contributed by atoms with Gasteiger partial charge in [-0.25, -0.2) is 0 Å². The van der Waals surface area contributed by atoms with Gasteiger partial charge in [-0.2, -0.15) is 0 Å². The second-order valence-corrected chi connectivity index (χ2v) is 21.5. The van der Waals surface area contributed by atoms with Crippen LogP contribution < -0.4 is 0 Å². The summed E-state index contributed by atoms with van der Waals surface area (Å²) in [6.07, 6.45) is 77.6. The van der Waals surface area contributed by atoms with E-state index in [0.29, 0.717) is 12.8 Å². The summed E-state index contributed by atoms with van der Waals surface area (Å²) < 4.78 is 10.7. The van der Waals surface area contributed by atoms with E-state index in [1.54, 1.807) is 0 Å². The van der Waals surface area contributed by atoms with E-state index < -0.39 is 6.10 Å². The molecule has 0 aliphatic rings. The molecule has 0 saturated heterocycles. The molecule has 0 bridgehead atoms. The van der Waals surface area contributed by atoms with Crippen molar-refractivity contribution in [1.82, 2.24) is 0 Å². The van der Waals surface area contributed by atoms with Crippen LogP contribution in [0.2, 0.25) is 0 Å². The van der Waals surface area contributed by atoms with Gasteiger partial charge in [-0.1, -0.05) is 321 Å². The Bertz CT molecular complexity index is 1050. The number of carbonyl (C=O) groups excluding carboxylic acids is 2. The quantitative estimate of drug-likeness (QED) is 0.0373. The zero-order valence-electron chi connectivity index (χ0n) is 46.9. The Morgan fingerprint density at radius 1 is 0.333 bits per heavy atom. The Labute approximate surface area is 432 Å². The molecule has 5 nitrogen and oxygen atoms in total. The summed E-state index contributed by atoms with van der Waals surface area (Å²) in [5.41, 5.74) is 0. The van der Waals surface area contributed by atoms with E-state index in [9.17, 15) is 14.7 Å². The minimum atomic E-state index is -0.767. The number of esters is 2. The van der Waals surface area contributed by atoms with Gasteiger partial charge in [0.05, 0.1) is 6.61 Å². The number of aliphatic hydroxyl groups is 1. The molecule has 408 valence electrons. The molecular formula is C64H122O5. The third-order valence-electron chi connectivity index (χ3n) is 14.5. The molecule has 0 aliphatic heterocycles. The van der Waals surface area contributed by atoms with Gasteiger partial charge in [0.25, 0.3) is 0 Å². The molecule has 0 aromatic carbocycles. The smallest absolute Gasteiger partial charge is 0.306 e. The molecule has 69 heavy (non-hydrogen) atoms. The van der Waals surface area contributed by atoms with Crippen LogP contribution in [-0.4, -0.2) is 36.4 Å². The fraction of sp³-hybridized carbons (Fsp3) is 0.906. The summed E-state index contributed by atoms with van der Waals surface area (Å²) >= 11 is 0. The van der Waals surface area contributed by atoms with E-state index in [1.807, 2.05) is 0 Å². The van der Waals surface area contributed by atoms with Crippen LogP contribution in [0.5, 0.6) is 0 Å². The highest BCUT2D eigenvalue weighted by Gasteiger charge is 2.16. The number of aliphatic hydroxyl groups excluding tert-OH is 1. The number of rotatable bonds is 59. The molecule has 0 saturated carbocycles. The largest absolute Gasteiger partial charge is 0.462 e. The van der Waals surface area contributed by atoms with Crippen LogP contribution in [0, 0.1) is 0 Å². The van der Waals surface area contributed by atoms with Gasteiger partial charge >= 0.3 is 11.9 Å². The topological polar surface area (TPSA) is 72.8 Å². The van der Waals surface area contributed by atoms with E-state index in [4.69, 9.17) is 9.47 Å². The van der Waals surface area contributed by atoms with Crippen molar-refractivity contribution in [3.8, 4) is 0 Å². The summed E-state index contributed by atoms with van der Waals surface area (Å²) in [6, 6.07) is 0. The van der Waals surface area contributed by atoms with E-state index >= 15 is 0 Å². The Hall–Kier alpha value is -1.62. The van der Waals surface area contributed by atoms with Crippen molar-refractivity contribution in [2.24, 2.45) is 0 Å². The molecule has 0 amide bonds. The van der Waals surface area contributed by atoms with Crippen molar-refractivity contribution in [2.45, 2.75) is 360 Å². The van der Waals surface area contributed by atoms with Crippen molar-refractivity contribution in [3.63, 3.8) is 0 Å². The molecule has 0 rings (SSSR count). The van der Waals surface area contributed by atoms with Crippen molar-refractivity contribution in [2.75, 3.05) is 13.2 Å². The summed E-state index contributed by atoms with van der Waals surface area (Å²) in [7, 11) is 0. The lowest BCUT2D eigenvalue weighted by atomic mass is 10.0. The Morgan fingerprint density at radius 2 is 0.580 bits per heavy atom. The van der Waals surface area contributed by atoms with Crippen molar-refractivity contribution >= 4 is 11.9 Å². The van der Waals surface area contributed by atoms with Crippen LogP contribution in [-0.2, 0) is 19.1 Å². The molecule has 0 aromatic heterocycles. The molecule has 0 radical (unpaired) electrons. The first kappa shape index (κ1) is 67.4.